The normalized spacial score (nSPS) is 12.2. The standard InChI is InChI=1S/C18H24ClN5O2S/c1-11(2)10-24-16(8-7-15(20)25)22-23-18(24)27-12(3)17(26)21-14-6-4-5-13(19)9-14/h4-6,9,11-12H,7-8,10H2,1-3H3,(H2,20,25)(H,21,26)/t12-/m1/s1. The van der Waals surface area contributed by atoms with E-state index in [1.165, 1.54) is 11.8 Å². The minimum Gasteiger partial charge on any atom is -0.370 e. The number of rotatable bonds is 9. The molecule has 0 radical (unpaired) electrons. The van der Waals surface area contributed by atoms with E-state index in [9.17, 15) is 9.59 Å². The molecule has 0 fully saturated rings. The van der Waals surface area contributed by atoms with Crippen molar-refractivity contribution in [1.82, 2.24) is 14.8 Å². The number of hydrogen-bond donors (Lipinski definition) is 2. The number of nitrogens with zero attached hydrogens (tertiary/aromatic N) is 3. The van der Waals surface area contributed by atoms with Gasteiger partial charge in [-0.3, -0.25) is 9.59 Å². The van der Waals surface area contributed by atoms with Crippen molar-refractivity contribution >= 4 is 40.9 Å². The molecule has 7 nitrogen and oxygen atoms in total. The Morgan fingerprint density at radius 2 is 2.04 bits per heavy atom. The number of hydrogen-bond acceptors (Lipinski definition) is 5. The number of anilines is 1. The zero-order valence-corrected chi connectivity index (χ0v) is 17.2. The van der Waals surface area contributed by atoms with Gasteiger partial charge in [0.15, 0.2) is 5.16 Å². The van der Waals surface area contributed by atoms with Crippen LogP contribution in [0.15, 0.2) is 29.4 Å². The number of amides is 2. The summed E-state index contributed by atoms with van der Waals surface area (Å²) in [6.45, 7) is 6.68. The molecule has 0 spiro atoms. The van der Waals surface area contributed by atoms with Crippen LogP contribution in [-0.2, 0) is 22.6 Å². The fourth-order valence-electron chi connectivity index (χ4n) is 2.40. The highest BCUT2D eigenvalue weighted by atomic mass is 35.5. The Morgan fingerprint density at radius 3 is 2.67 bits per heavy atom. The van der Waals surface area contributed by atoms with Crippen LogP contribution in [0.5, 0.6) is 0 Å². The maximum atomic E-state index is 12.5. The van der Waals surface area contributed by atoms with Gasteiger partial charge in [-0.05, 0) is 31.0 Å². The topological polar surface area (TPSA) is 103 Å². The second-order valence-corrected chi connectivity index (χ2v) is 8.37. The SMILES string of the molecule is CC(C)Cn1c(CCC(N)=O)nnc1S[C@H](C)C(=O)Nc1cccc(Cl)c1. The third kappa shape index (κ3) is 6.55. The highest BCUT2D eigenvalue weighted by Crippen LogP contribution is 2.25. The van der Waals surface area contributed by atoms with Crippen LogP contribution in [0.4, 0.5) is 5.69 Å². The highest BCUT2D eigenvalue weighted by molar-refractivity contribution is 8.00. The van der Waals surface area contributed by atoms with Gasteiger partial charge in [0.05, 0.1) is 5.25 Å². The summed E-state index contributed by atoms with van der Waals surface area (Å²) in [5.41, 5.74) is 5.88. The molecule has 0 bridgehead atoms. The van der Waals surface area contributed by atoms with Crippen molar-refractivity contribution in [2.24, 2.45) is 11.7 Å². The number of aromatic nitrogens is 3. The first-order chi connectivity index (χ1) is 12.8. The molecule has 0 aliphatic heterocycles. The van der Waals surface area contributed by atoms with E-state index < -0.39 is 0 Å². The van der Waals surface area contributed by atoms with Gasteiger partial charge in [0.25, 0.3) is 0 Å². The molecule has 1 aromatic carbocycles. The smallest absolute Gasteiger partial charge is 0.237 e. The Morgan fingerprint density at radius 1 is 1.30 bits per heavy atom. The Labute approximate surface area is 168 Å². The van der Waals surface area contributed by atoms with Crippen LogP contribution in [0.1, 0.15) is 33.0 Å². The molecule has 9 heteroatoms. The average Bonchev–Trinajstić information content (AvgIpc) is 2.94. The lowest BCUT2D eigenvalue weighted by Crippen LogP contribution is -2.23. The van der Waals surface area contributed by atoms with E-state index >= 15 is 0 Å². The van der Waals surface area contributed by atoms with E-state index in [0.29, 0.717) is 40.6 Å². The molecule has 27 heavy (non-hydrogen) atoms. The molecule has 146 valence electrons. The lowest BCUT2D eigenvalue weighted by Gasteiger charge is -2.15. The quantitative estimate of drug-likeness (QED) is 0.619. The first-order valence-electron chi connectivity index (χ1n) is 8.69. The fraction of sp³-hybridized carbons (Fsp3) is 0.444. The van der Waals surface area contributed by atoms with Gasteiger partial charge in [0.1, 0.15) is 5.82 Å². The second kappa shape index (κ2) is 9.75. The molecule has 3 N–H and O–H groups in total. The van der Waals surface area contributed by atoms with E-state index in [1.54, 1.807) is 24.3 Å². The molecule has 1 heterocycles. The van der Waals surface area contributed by atoms with Gasteiger partial charge < -0.3 is 15.6 Å². The van der Waals surface area contributed by atoms with Crippen molar-refractivity contribution < 1.29 is 9.59 Å². The number of primary amides is 1. The van der Waals surface area contributed by atoms with Crippen LogP contribution in [-0.4, -0.2) is 31.8 Å². The first-order valence-corrected chi connectivity index (χ1v) is 9.95. The van der Waals surface area contributed by atoms with E-state index in [1.807, 2.05) is 11.5 Å². The molecule has 2 rings (SSSR count). The third-order valence-electron chi connectivity index (χ3n) is 3.68. The summed E-state index contributed by atoms with van der Waals surface area (Å²) in [5.74, 6) is 0.535. The monoisotopic (exact) mass is 409 g/mol. The molecule has 0 unspecified atom stereocenters. The van der Waals surface area contributed by atoms with Crippen molar-refractivity contribution in [3.05, 3.63) is 35.1 Å². The molecule has 0 saturated heterocycles. The number of carbonyl (C=O) groups is 2. The van der Waals surface area contributed by atoms with E-state index in [2.05, 4.69) is 29.4 Å². The van der Waals surface area contributed by atoms with Gasteiger partial charge in [0.2, 0.25) is 11.8 Å². The van der Waals surface area contributed by atoms with Crippen LogP contribution < -0.4 is 11.1 Å². The number of thioether (sulfide) groups is 1. The Kier molecular flexibility index (Phi) is 7.67. The molecule has 2 aromatic rings. The van der Waals surface area contributed by atoms with Gasteiger partial charge in [-0.1, -0.05) is 43.3 Å². The number of aryl methyl sites for hydroxylation is 1. The average molecular weight is 410 g/mol. The fourth-order valence-corrected chi connectivity index (χ4v) is 3.46. The molecule has 1 aromatic heterocycles. The number of carbonyl (C=O) groups excluding carboxylic acids is 2. The number of halogens is 1. The van der Waals surface area contributed by atoms with Gasteiger partial charge in [-0.15, -0.1) is 10.2 Å². The molecule has 0 saturated carbocycles. The van der Waals surface area contributed by atoms with Crippen LogP contribution in [0.3, 0.4) is 0 Å². The zero-order valence-electron chi connectivity index (χ0n) is 15.6. The lowest BCUT2D eigenvalue weighted by atomic mass is 10.2. The molecular weight excluding hydrogens is 386 g/mol. The molecule has 0 aliphatic rings. The van der Waals surface area contributed by atoms with Crippen molar-refractivity contribution in [2.45, 2.75) is 50.6 Å². The summed E-state index contributed by atoms with van der Waals surface area (Å²) >= 11 is 7.28. The summed E-state index contributed by atoms with van der Waals surface area (Å²) in [7, 11) is 0. The minimum atomic E-state index is -0.386. The van der Waals surface area contributed by atoms with Crippen LogP contribution in [0.25, 0.3) is 0 Å². The van der Waals surface area contributed by atoms with Gasteiger partial charge >= 0.3 is 0 Å². The van der Waals surface area contributed by atoms with Crippen molar-refractivity contribution in [3.63, 3.8) is 0 Å². The van der Waals surface area contributed by atoms with E-state index in [-0.39, 0.29) is 23.5 Å². The number of nitrogens with two attached hydrogens (primary N) is 1. The van der Waals surface area contributed by atoms with Gasteiger partial charge in [-0.25, -0.2) is 0 Å². The van der Waals surface area contributed by atoms with E-state index in [4.69, 9.17) is 17.3 Å². The summed E-state index contributed by atoms with van der Waals surface area (Å²) < 4.78 is 1.96. The summed E-state index contributed by atoms with van der Waals surface area (Å²) in [6.07, 6.45) is 0.643. The maximum absolute atomic E-state index is 12.5. The summed E-state index contributed by atoms with van der Waals surface area (Å²) in [5, 5.41) is 12.1. The molecule has 2 amide bonds. The number of benzene rings is 1. The molecule has 1 atom stereocenters. The first kappa shape index (κ1) is 21.2. The third-order valence-corrected chi connectivity index (χ3v) is 5.00. The predicted octanol–water partition coefficient (Wildman–Crippen LogP) is 3.12. The zero-order chi connectivity index (χ0) is 20.0. The largest absolute Gasteiger partial charge is 0.370 e. The lowest BCUT2D eigenvalue weighted by molar-refractivity contribution is -0.118. The van der Waals surface area contributed by atoms with Gasteiger partial charge in [0, 0.05) is 30.1 Å². The van der Waals surface area contributed by atoms with Gasteiger partial charge in [-0.2, -0.15) is 0 Å². The van der Waals surface area contributed by atoms with Crippen LogP contribution in [0.2, 0.25) is 5.02 Å². The Balaban J connectivity index is 2.09. The summed E-state index contributed by atoms with van der Waals surface area (Å²) in [6, 6.07) is 7.00. The Bertz CT molecular complexity index is 809. The number of nitrogens with one attached hydrogen (secondary N) is 1. The highest BCUT2D eigenvalue weighted by Gasteiger charge is 2.21. The van der Waals surface area contributed by atoms with E-state index in [0.717, 1.165) is 0 Å². The molecule has 0 aliphatic carbocycles. The second-order valence-electron chi connectivity index (χ2n) is 6.63. The van der Waals surface area contributed by atoms with Crippen LogP contribution in [0, 0.1) is 5.92 Å². The van der Waals surface area contributed by atoms with Crippen molar-refractivity contribution in [3.8, 4) is 0 Å². The minimum absolute atomic E-state index is 0.153. The molecular formula is C18H24ClN5O2S. The summed E-state index contributed by atoms with van der Waals surface area (Å²) in [4.78, 5) is 23.6. The van der Waals surface area contributed by atoms with Crippen molar-refractivity contribution in [2.75, 3.05) is 5.32 Å². The van der Waals surface area contributed by atoms with Crippen LogP contribution >= 0.6 is 23.4 Å². The maximum Gasteiger partial charge on any atom is 0.237 e. The predicted molar refractivity (Wildman–Crippen MR) is 108 cm³/mol. The van der Waals surface area contributed by atoms with Crippen molar-refractivity contribution in [1.29, 1.82) is 0 Å². The Hall–Kier alpha value is -2.06.